The van der Waals surface area contributed by atoms with Gasteiger partial charge in [0.2, 0.25) is 0 Å². The van der Waals surface area contributed by atoms with Crippen molar-refractivity contribution in [3.63, 3.8) is 0 Å². The predicted octanol–water partition coefficient (Wildman–Crippen LogP) is 4.05. The number of benzene rings is 1. The van der Waals surface area contributed by atoms with Crippen molar-refractivity contribution in [1.82, 2.24) is 10.3 Å². The van der Waals surface area contributed by atoms with Gasteiger partial charge >= 0.3 is 0 Å². The summed E-state index contributed by atoms with van der Waals surface area (Å²) in [4.78, 5) is 6.66. The first kappa shape index (κ1) is 15.4. The fraction of sp³-hybridized carbons (Fsp3) is 0.353. The highest BCUT2D eigenvalue weighted by Gasteiger charge is 2.11. The second kappa shape index (κ2) is 7.18. The van der Waals surface area contributed by atoms with Crippen molar-refractivity contribution in [3.8, 4) is 0 Å². The Balaban J connectivity index is 2.24. The maximum atomic E-state index is 13.0. The van der Waals surface area contributed by atoms with Crippen molar-refractivity contribution in [2.75, 3.05) is 18.5 Å². The molecule has 0 aliphatic heterocycles. The third-order valence-corrected chi connectivity index (χ3v) is 3.65. The summed E-state index contributed by atoms with van der Waals surface area (Å²) in [6.45, 7) is 5.00. The summed E-state index contributed by atoms with van der Waals surface area (Å²) in [5.41, 5.74) is 3.02. The molecule has 2 aromatic rings. The Morgan fingerprint density at radius 2 is 1.76 bits per heavy atom. The van der Waals surface area contributed by atoms with Crippen LogP contribution >= 0.6 is 0 Å². The molecular weight excluding hydrogens is 265 g/mol. The topological polar surface area (TPSA) is 28.2 Å². The standard InChI is InChI=1S/C17H22FN3/c1-4-16(19-3)17-11-10-15(12-20-17)21(5-2)14-8-6-13(18)7-9-14/h6-12,16,19H,4-5H2,1-3H3. The molecule has 1 heterocycles. The number of nitrogens with zero attached hydrogens (tertiary/aromatic N) is 2. The van der Waals surface area contributed by atoms with Gasteiger partial charge in [-0.05, 0) is 56.8 Å². The minimum absolute atomic E-state index is 0.219. The molecule has 0 spiro atoms. The fourth-order valence-corrected chi connectivity index (χ4v) is 2.46. The van der Waals surface area contributed by atoms with E-state index >= 15 is 0 Å². The van der Waals surface area contributed by atoms with Crippen LogP contribution < -0.4 is 10.2 Å². The Morgan fingerprint density at radius 3 is 2.24 bits per heavy atom. The van der Waals surface area contributed by atoms with Gasteiger partial charge in [-0.15, -0.1) is 0 Å². The van der Waals surface area contributed by atoms with Gasteiger partial charge in [-0.1, -0.05) is 6.92 Å². The highest BCUT2D eigenvalue weighted by atomic mass is 19.1. The SMILES string of the molecule is CCC(NC)c1ccc(N(CC)c2ccc(F)cc2)cn1. The van der Waals surface area contributed by atoms with Gasteiger partial charge in [-0.3, -0.25) is 4.98 Å². The Kier molecular flexibility index (Phi) is 5.28. The van der Waals surface area contributed by atoms with Crippen LogP contribution in [0.15, 0.2) is 42.6 Å². The number of anilines is 2. The maximum Gasteiger partial charge on any atom is 0.123 e. The second-order valence-electron chi connectivity index (χ2n) is 4.91. The summed E-state index contributed by atoms with van der Waals surface area (Å²) < 4.78 is 13.0. The van der Waals surface area contributed by atoms with Gasteiger partial charge in [0.15, 0.2) is 0 Å². The first-order chi connectivity index (χ1) is 10.2. The molecule has 1 atom stereocenters. The van der Waals surface area contributed by atoms with E-state index in [4.69, 9.17) is 0 Å². The molecule has 1 aromatic heterocycles. The summed E-state index contributed by atoms with van der Waals surface area (Å²) in [6.07, 6.45) is 2.88. The van der Waals surface area contributed by atoms with E-state index in [9.17, 15) is 4.39 Å². The summed E-state index contributed by atoms with van der Waals surface area (Å²) in [7, 11) is 1.95. The van der Waals surface area contributed by atoms with Crippen LogP contribution in [0.25, 0.3) is 0 Å². The van der Waals surface area contributed by atoms with Gasteiger partial charge < -0.3 is 10.2 Å². The van der Waals surface area contributed by atoms with E-state index in [0.717, 1.165) is 30.0 Å². The summed E-state index contributed by atoms with van der Waals surface area (Å²) in [5.74, 6) is -0.219. The molecule has 0 saturated carbocycles. The van der Waals surface area contributed by atoms with Gasteiger partial charge in [-0.2, -0.15) is 0 Å². The lowest BCUT2D eigenvalue weighted by molar-refractivity contribution is 0.561. The zero-order valence-corrected chi connectivity index (χ0v) is 12.8. The summed E-state index contributed by atoms with van der Waals surface area (Å²) in [5, 5.41) is 3.25. The Bertz CT molecular complexity index is 547. The lowest BCUT2D eigenvalue weighted by Crippen LogP contribution is -2.18. The van der Waals surface area contributed by atoms with Crippen molar-refractivity contribution in [3.05, 3.63) is 54.1 Å². The predicted molar refractivity (Wildman–Crippen MR) is 85.4 cm³/mol. The zero-order chi connectivity index (χ0) is 15.2. The lowest BCUT2D eigenvalue weighted by Gasteiger charge is -2.23. The van der Waals surface area contributed by atoms with Crippen LogP contribution in [0.3, 0.4) is 0 Å². The molecule has 1 unspecified atom stereocenters. The molecule has 0 radical (unpaired) electrons. The van der Waals surface area contributed by atoms with Crippen molar-refractivity contribution >= 4 is 11.4 Å². The zero-order valence-electron chi connectivity index (χ0n) is 12.8. The number of rotatable bonds is 6. The molecule has 4 heteroatoms. The van der Waals surface area contributed by atoms with Crippen molar-refractivity contribution in [1.29, 1.82) is 0 Å². The van der Waals surface area contributed by atoms with Gasteiger partial charge in [0.25, 0.3) is 0 Å². The number of aromatic nitrogens is 1. The number of halogens is 1. The second-order valence-corrected chi connectivity index (χ2v) is 4.91. The highest BCUT2D eigenvalue weighted by Crippen LogP contribution is 2.25. The maximum absolute atomic E-state index is 13.0. The summed E-state index contributed by atoms with van der Waals surface area (Å²) in [6, 6.07) is 10.9. The van der Waals surface area contributed by atoms with Gasteiger partial charge in [-0.25, -0.2) is 4.39 Å². The minimum atomic E-state index is -0.219. The van der Waals surface area contributed by atoms with Crippen LogP contribution in [0.5, 0.6) is 0 Å². The van der Waals surface area contributed by atoms with Crippen molar-refractivity contribution in [2.24, 2.45) is 0 Å². The van der Waals surface area contributed by atoms with E-state index in [-0.39, 0.29) is 11.9 Å². The molecule has 1 aromatic carbocycles. The third kappa shape index (κ3) is 3.58. The van der Waals surface area contributed by atoms with Gasteiger partial charge in [0.05, 0.1) is 17.6 Å². The quantitative estimate of drug-likeness (QED) is 0.868. The number of hydrogen-bond acceptors (Lipinski definition) is 3. The summed E-state index contributed by atoms with van der Waals surface area (Å²) >= 11 is 0. The largest absolute Gasteiger partial charge is 0.341 e. The average molecular weight is 287 g/mol. The Morgan fingerprint density at radius 1 is 1.10 bits per heavy atom. The van der Waals surface area contributed by atoms with Crippen LogP contribution in [0, 0.1) is 5.82 Å². The van der Waals surface area contributed by atoms with E-state index in [1.54, 1.807) is 12.1 Å². The first-order valence-electron chi connectivity index (χ1n) is 7.35. The molecule has 0 aliphatic rings. The highest BCUT2D eigenvalue weighted by molar-refractivity contribution is 5.62. The van der Waals surface area contributed by atoms with Gasteiger partial charge in [0.1, 0.15) is 5.82 Å². The fourth-order valence-electron chi connectivity index (χ4n) is 2.46. The molecular formula is C17H22FN3. The van der Waals surface area contributed by atoms with E-state index < -0.39 is 0 Å². The molecule has 21 heavy (non-hydrogen) atoms. The normalized spacial score (nSPS) is 12.2. The molecule has 3 nitrogen and oxygen atoms in total. The van der Waals surface area contributed by atoms with Gasteiger partial charge in [0, 0.05) is 18.3 Å². The monoisotopic (exact) mass is 287 g/mol. The molecule has 112 valence electrons. The van der Waals surface area contributed by atoms with E-state index in [1.807, 2.05) is 19.3 Å². The van der Waals surface area contributed by atoms with Crippen LogP contribution in [-0.2, 0) is 0 Å². The lowest BCUT2D eigenvalue weighted by atomic mass is 10.1. The molecule has 2 rings (SSSR count). The Labute approximate surface area is 125 Å². The third-order valence-electron chi connectivity index (χ3n) is 3.65. The Hall–Kier alpha value is -1.94. The first-order valence-corrected chi connectivity index (χ1v) is 7.35. The van der Waals surface area contributed by atoms with Crippen LogP contribution in [0.1, 0.15) is 32.0 Å². The van der Waals surface area contributed by atoms with Crippen LogP contribution in [0.4, 0.5) is 15.8 Å². The van der Waals surface area contributed by atoms with Crippen LogP contribution in [0.2, 0.25) is 0 Å². The van der Waals surface area contributed by atoms with E-state index in [2.05, 4.69) is 35.1 Å². The number of pyridine rings is 1. The number of nitrogens with one attached hydrogen (secondary N) is 1. The van der Waals surface area contributed by atoms with Crippen LogP contribution in [-0.4, -0.2) is 18.6 Å². The van der Waals surface area contributed by atoms with E-state index in [0.29, 0.717) is 0 Å². The molecule has 0 aliphatic carbocycles. The molecule has 1 N–H and O–H groups in total. The number of hydrogen-bond donors (Lipinski definition) is 1. The van der Waals surface area contributed by atoms with Crippen molar-refractivity contribution < 1.29 is 4.39 Å². The molecule has 0 saturated heterocycles. The smallest absolute Gasteiger partial charge is 0.123 e. The van der Waals surface area contributed by atoms with Crippen molar-refractivity contribution in [2.45, 2.75) is 26.3 Å². The molecule has 0 bridgehead atoms. The van der Waals surface area contributed by atoms with E-state index in [1.165, 1.54) is 12.1 Å². The average Bonchev–Trinajstić information content (AvgIpc) is 2.52. The molecule has 0 amide bonds. The molecule has 0 fully saturated rings. The minimum Gasteiger partial charge on any atom is -0.341 e.